The van der Waals surface area contributed by atoms with E-state index in [1.54, 1.807) is 0 Å². The molecule has 0 aromatic rings. The molecule has 23 heavy (non-hydrogen) atoms. The van der Waals surface area contributed by atoms with Gasteiger partial charge in [-0.15, -0.1) is 0 Å². The van der Waals surface area contributed by atoms with Crippen molar-refractivity contribution < 1.29 is 14.3 Å². The van der Waals surface area contributed by atoms with Crippen molar-refractivity contribution in [2.45, 2.75) is 45.6 Å². The highest BCUT2D eigenvalue weighted by atomic mass is 16.5. The van der Waals surface area contributed by atoms with Gasteiger partial charge in [-0.3, -0.25) is 14.5 Å². The molecule has 2 fully saturated rings. The fourth-order valence-corrected chi connectivity index (χ4v) is 3.52. The van der Waals surface area contributed by atoms with Crippen molar-refractivity contribution in [1.29, 1.82) is 0 Å². The highest BCUT2D eigenvalue weighted by Gasteiger charge is 2.28. The first-order valence-electron chi connectivity index (χ1n) is 9.03. The second-order valence-electron chi connectivity index (χ2n) is 6.60. The fraction of sp³-hybridized carbons (Fsp3) is 0.882. The Morgan fingerprint density at radius 2 is 1.83 bits per heavy atom. The lowest BCUT2D eigenvalue weighted by Crippen LogP contribution is -2.49. The predicted molar refractivity (Wildman–Crippen MR) is 89.1 cm³/mol. The zero-order valence-electron chi connectivity index (χ0n) is 14.6. The van der Waals surface area contributed by atoms with E-state index in [-0.39, 0.29) is 17.8 Å². The molecule has 0 bridgehead atoms. The van der Waals surface area contributed by atoms with Crippen LogP contribution in [0.1, 0.15) is 39.5 Å². The van der Waals surface area contributed by atoms with Crippen molar-refractivity contribution in [2.75, 3.05) is 45.9 Å². The molecule has 0 saturated carbocycles. The second kappa shape index (κ2) is 9.23. The summed E-state index contributed by atoms with van der Waals surface area (Å²) in [5, 5.41) is 3.16. The quantitative estimate of drug-likeness (QED) is 0.734. The molecular formula is C17H31N3O3. The van der Waals surface area contributed by atoms with Gasteiger partial charge in [0.25, 0.3) is 0 Å². The first-order chi connectivity index (χ1) is 11.1. The van der Waals surface area contributed by atoms with Gasteiger partial charge in [-0.05, 0) is 45.7 Å². The van der Waals surface area contributed by atoms with Gasteiger partial charge in [0, 0.05) is 25.7 Å². The second-order valence-corrected chi connectivity index (χ2v) is 6.60. The van der Waals surface area contributed by atoms with E-state index in [2.05, 4.69) is 22.0 Å². The van der Waals surface area contributed by atoms with E-state index >= 15 is 0 Å². The van der Waals surface area contributed by atoms with Crippen molar-refractivity contribution in [1.82, 2.24) is 15.1 Å². The molecular weight excluding hydrogens is 294 g/mol. The molecule has 1 atom stereocenters. The lowest BCUT2D eigenvalue weighted by atomic mass is 9.98. The Morgan fingerprint density at radius 1 is 1.09 bits per heavy atom. The first-order valence-corrected chi connectivity index (χ1v) is 9.03. The predicted octanol–water partition coefficient (Wildman–Crippen LogP) is 0.862. The minimum atomic E-state index is -0.121. The molecule has 2 saturated heterocycles. The zero-order valence-corrected chi connectivity index (χ0v) is 14.6. The van der Waals surface area contributed by atoms with Gasteiger partial charge in [0.2, 0.25) is 5.91 Å². The number of piperidine rings is 2. The Hall–Kier alpha value is -1.14. The summed E-state index contributed by atoms with van der Waals surface area (Å²) in [6.07, 6.45) is 3.88. The van der Waals surface area contributed by atoms with Crippen molar-refractivity contribution >= 4 is 11.9 Å². The normalized spacial score (nSPS) is 24.3. The van der Waals surface area contributed by atoms with Gasteiger partial charge in [0.15, 0.2) is 0 Å². The van der Waals surface area contributed by atoms with Crippen LogP contribution in [-0.2, 0) is 14.3 Å². The Kier molecular flexibility index (Phi) is 7.30. The van der Waals surface area contributed by atoms with E-state index in [1.807, 2.05) is 6.92 Å². The summed E-state index contributed by atoms with van der Waals surface area (Å²) < 4.78 is 5.11. The Bertz CT molecular complexity index is 395. The van der Waals surface area contributed by atoms with Crippen molar-refractivity contribution in [3.63, 3.8) is 0 Å². The van der Waals surface area contributed by atoms with Crippen LogP contribution in [0.15, 0.2) is 0 Å². The van der Waals surface area contributed by atoms with E-state index in [4.69, 9.17) is 4.74 Å². The summed E-state index contributed by atoms with van der Waals surface area (Å²) in [6.45, 7) is 9.56. The van der Waals surface area contributed by atoms with E-state index in [0.29, 0.717) is 25.7 Å². The van der Waals surface area contributed by atoms with Crippen LogP contribution in [0.2, 0.25) is 0 Å². The van der Waals surface area contributed by atoms with Crippen molar-refractivity contribution in [3.05, 3.63) is 0 Å². The van der Waals surface area contributed by atoms with Gasteiger partial charge < -0.3 is 15.0 Å². The number of hydrogen-bond acceptors (Lipinski definition) is 5. The highest BCUT2D eigenvalue weighted by Crippen LogP contribution is 2.18. The van der Waals surface area contributed by atoms with Gasteiger partial charge in [-0.2, -0.15) is 0 Å². The topological polar surface area (TPSA) is 61.9 Å². The summed E-state index contributed by atoms with van der Waals surface area (Å²) in [6, 6.07) is 0.302. The summed E-state index contributed by atoms with van der Waals surface area (Å²) >= 11 is 0. The maximum Gasteiger partial charge on any atom is 0.310 e. The molecule has 0 spiro atoms. The number of nitrogens with zero attached hydrogens (tertiary/aromatic N) is 2. The van der Waals surface area contributed by atoms with Crippen molar-refractivity contribution in [3.8, 4) is 0 Å². The lowest BCUT2D eigenvalue weighted by molar-refractivity contribution is -0.150. The van der Waals surface area contributed by atoms with E-state index in [9.17, 15) is 9.59 Å². The van der Waals surface area contributed by atoms with E-state index < -0.39 is 0 Å². The summed E-state index contributed by atoms with van der Waals surface area (Å²) in [7, 11) is 0. The third kappa shape index (κ3) is 5.77. The standard InChI is InChI=1S/C17H31N3O3/c1-3-19-10-7-15(8-11-19)18-16(21)13-20-9-5-6-14(12-20)17(22)23-4-2/h14-15H,3-13H2,1-2H3,(H,18,21). The molecule has 1 unspecified atom stereocenters. The minimum Gasteiger partial charge on any atom is -0.466 e. The van der Waals surface area contributed by atoms with Crippen LogP contribution in [0.25, 0.3) is 0 Å². The number of carbonyl (C=O) groups is 2. The molecule has 6 nitrogen and oxygen atoms in total. The molecule has 1 N–H and O–H groups in total. The largest absolute Gasteiger partial charge is 0.466 e. The van der Waals surface area contributed by atoms with Gasteiger partial charge >= 0.3 is 5.97 Å². The molecule has 0 aromatic heterocycles. The van der Waals surface area contributed by atoms with Gasteiger partial charge in [0.1, 0.15) is 0 Å². The number of nitrogens with one attached hydrogen (secondary N) is 1. The maximum absolute atomic E-state index is 12.3. The van der Waals surface area contributed by atoms with Crippen LogP contribution < -0.4 is 5.32 Å². The molecule has 6 heteroatoms. The van der Waals surface area contributed by atoms with Gasteiger partial charge in [-0.1, -0.05) is 6.92 Å². The highest BCUT2D eigenvalue weighted by molar-refractivity contribution is 5.78. The number of amides is 1. The molecule has 2 aliphatic rings. The third-order valence-electron chi connectivity index (χ3n) is 4.89. The molecule has 2 aliphatic heterocycles. The van der Waals surface area contributed by atoms with Crippen molar-refractivity contribution in [2.24, 2.45) is 5.92 Å². The van der Waals surface area contributed by atoms with Crippen LogP contribution >= 0.6 is 0 Å². The summed E-state index contributed by atoms with van der Waals surface area (Å²) in [5.74, 6) is -0.113. The number of rotatable bonds is 6. The van der Waals surface area contributed by atoms with Crippen LogP contribution in [0, 0.1) is 5.92 Å². The minimum absolute atomic E-state index is 0.0794. The number of ether oxygens (including phenoxy) is 1. The van der Waals surface area contributed by atoms with Crippen LogP contribution in [0.3, 0.4) is 0 Å². The number of hydrogen-bond donors (Lipinski definition) is 1. The van der Waals surface area contributed by atoms with Gasteiger partial charge in [-0.25, -0.2) is 0 Å². The fourth-order valence-electron chi connectivity index (χ4n) is 3.52. The first kappa shape index (κ1) is 18.2. The number of carbonyl (C=O) groups excluding carboxylic acids is 2. The van der Waals surface area contributed by atoms with Crippen LogP contribution in [0.5, 0.6) is 0 Å². The van der Waals surface area contributed by atoms with Crippen LogP contribution in [-0.4, -0.2) is 73.6 Å². The number of esters is 1. The number of likely N-dealkylation sites (tertiary alicyclic amines) is 2. The maximum atomic E-state index is 12.3. The molecule has 0 radical (unpaired) electrons. The molecule has 132 valence electrons. The Balaban J connectivity index is 1.71. The molecule has 0 aromatic carbocycles. The lowest BCUT2D eigenvalue weighted by Gasteiger charge is -2.33. The average molecular weight is 325 g/mol. The van der Waals surface area contributed by atoms with E-state index in [1.165, 1.54) is 0 Å². The molecule has 0 aliphatic carbocycles. The zero-order chi connectivity index (χ0) is 16.7. The average Bonchev–Trinajstić information content (AvgIpc) is 2.56. The molecule has 2 heterocycles. The van der Waals surface area contributed by atoms with E-state index in [0.717, 1.165) is 51.9 Å². The SMILES string of the molecule is CCOC(=O)C1CCCN(CC(=O)NC2CCN(CC)CC2)C1. The monoisotopic (exact) mass is 325 g/mol. The van der Waals surface area contributed by atoms with Crippen LogP contribution in [0.4, 0.5) is 0 Å². The molecule has 2 rings (SSSR count). The summed E-state index contributed by atoms with van der Waals surface area (Å²) in [5.41, 5.74) is 0. The van der Waals surface area contributed by atoms with Gasteiger partial charge in [0.05, 0.1) is 19.1 Å². The molecule has 1 amide bonds. The third-order valence-corrected chi connectivity index (χ3v) is 4.89. The Labute approximate surface area is 139 Å². The Morgan fingerprint density at radius 3 is 2.48 bits per heavy atom. The summed E-state index contributed by atoms with van der Waals surface area (Å²) in [4.78, 5) is 28.6. The smallest absolute Gasteiger partial charge is 0.310 e.